The standard InChI is InChI=1S/C19H17BrClN3O2S/c1-3-12-10(2)22-19(15-6-7-16(20)27-15)24-18(12)23-14-5-4-11(8-13(14)21)9-17(25)26/h4-8H,3,9H2,1-2H3,(H,25,26)(H,22,23,24). The average molecular weight is 467 g/mol. The summed E-state index contributed by atoms with van der Waals surface area (Å²) in [5.74, 6) is 0.470. The summed E-state index contributed by atoms with van der Waals surface area (Å²) < 4.78 is 1.02. The molecule has 0 atom stereocenters. The molecule has 0 unspecified atom stereocenters. The van der Waals surface area contributed by atoms with E-state index in [9.17, 15) is 4.79 Å². The van der Waals surface area contributed by atoms with Gasteiger partial charge in [0.05, 0.1) is 25.8 Å². The van der Waals surface area contributed by atoms with Gasteiger partial charge in [0, 0.05) is 11.3 Å². The first-order valence-electron chi connectivity index (χ1n) is 8.27. The molecule has 0 aliphatic carbocycles. The van der Waals surface area contributed by atoms with Crippen molar-refractivity contribution in [1.82, 2.24) is 9.97 Å². The van der Waals surface area contributed by atoms with Gasteiger partial charge in [-0.3, -0.25) is 4.79 Å². The van der Waals surface area contributed by atoms with Crippen LogP contribution in [0.15, 0.2) is 34.1 Å². The molecule has 0 saturated carbocycles. The number of anilines is 2. The first kappa shape index (κ1) is 19.8. The number of benzene rings is 1. The highest BCUT2D eigenvalue weighted by Gasteiger charge is 2.15. The summed E-state index contributed by atoms with van der Waals surface area (Å²) in [4.78, 5) is 21.2. The van der Waals surface area contributed by atoms with E-state index in [1.165, 1.54) is 0 Å². The van der Waals surface area contributed by atoms with E-state index >= 15 is 0 Å². The predicted molar refractivity (Wildman–Crippen MR) is 113 cm³/mol. The van der Waals surface area contributed by atoms with Crippen LogP contribution in [0.25, 0.3) is 10.7 Å². The molecular weight excluding hydrogens is 450 g/mol. The number of hydrogen-bond acceptors (Lipinski definition) is 5. The van der Waals surface area contributed by atoms with Crippen molar-refractivity contribution in [2.75, 3.05) is 5.32 Å². The summed E-state index contributed by atoms with van der Waals surface area (Å²) in [5, 5.41) is 12.7. The van der Waals surface area contributed by atoms with Crippen molar-refractivity contribution in [2.24, 2.45) is 0 Å². The summed E-state index contributed by atoms with van der Waals surface area (Å²) >= 11 is 11.4. The zero-order valence-electron chi connectivity index (χ0n) is 14.7. The largest absolute Gasteiger partial charge is 0.481 e. The molecule has 0 bridgehead atoms. The lowest BCUT2D eigenvalue weighted by Gasteiger charge is -2.15. The highest BCUT2D eigenvalue weighted by molar-refractivity contribution is 9.11. The van der Waals surface area contributed by atoms with Crippen LogP contribution in [0.4, 0.5) is 11.5 Å². The van der Waals surface area contributed by atoms with E-state index in [0.717, 1.165) is 26.3 Å². The summed E-state index contributed by atoms with van der Waals surface area (Å²) in [7, 11) is 0. The number of hydrogen-bond donors (Lipinski definition) is 2. The first-order valence-corrected chi connectivity index (χ1v) is 10.3. The maximum atomic E-state index is 10.9. The van der Waals surface area contributed by atoms with Crippen LogP contribution in [0, 0.1) is 6.92 Å². The van der Waals surface area contributed by atoms with Gasteiger partial charge in [-0.2, -0.15) is 0 Å². The Hall–Kier alpha value is -1.96. The molecule has 5 nitrogen and oxygen atoms in total. The third-order valence-corrected chi connectivity index (χ3v) is 5.94. The van der Waals surface area contributed by atoms with Gasteiger partial charge in [0.15, 0.2) is 5.82 Å². The van der Waals surface area contributed by atoms with Gasteiger partial charge in [0.1, 0.15) is 5.82 Å². The average Bonchev–Trinajstić information content (AvgIpc) is 3.03. The SMILES string of the molecule is CCc1c(C)nc(-c2ccc(Br)s2)nc1Nc1ccc(CC(=O)O)cc1Cl. The minimum Gasteiger partial charge on any atom is -0.481 e. The lowest BCUT2D eigenvalue weighted by molar-refractivity contribution is -0.136. The fourth-order valence-electron chi connectivity index (χ4n) is 2.74. The van der Waals surface area contributed by atoms with Gasteiger partial charge in [0.2, 0.25) is 0 Å². The normalized spacial score (nSPS) is 10.8. The highest BCUT2D eigenvalue weighted by atomic mass is 79.9. The number of carboxylic acid groups (broad SMARTS) is 1. The summed E-state index contributed by atoms with van der Waals surface area (Å²) in [6, 6.07) is 9.14. The summed E-state index contributed by atoms with van der Waals surface area (Å²) in [6.07, 6.45) is 0.710. The van der Waals surface area contributed by atoms with Crippen LogP contribution < -0.4 is 5.32 Å². The fraction of sp³-hybridized carbons (Fsp3) is 0.211. The van der Waals surface area contributed by atoms with Crippen molar-refractivity contribution in [3.8, 4) is 10.7 Å². The molecule has 3 rings (SSSR count). The molecule has 27 heavy (non-hydrogen) atoms. The zero-order valence-corrected chi connectivity index (χ0v) is 17.9. The monoisotopic (exact) mass is 465 g/mol. The molecule has 2 aromatic heterocycles. The number of carbonyl (C=O) groups is 1. The van der Waals surface area contributed by atoms with Crippen molar-refractivity contribution in [3.63, 3.8) is 0 Å². The van der Waals surface area contributed by atoms with Crippen LogP contribution in [0.2, 0.25) is 5.02 Å². The highest BCUT2D eigenvalue weighted by Crippen LogP contribution is 2.33. The Kier molecular flexibility index (Phi) is 6.14. The van der Waals surface area contributed by atoms with Gasteiger partial charge in [-0.25, -0.2) is 9.97 Å². The molecule has 8 heteroatoms. The molecule has 140 valence electrons. The van der Waals surface area contributed by atoms with Crippen molar-refractivity contribution in [3.05, 3.63) is 56.0 Å². The van der Waals surface area contributed by atoms with E-state index in [1.54, 1.807) is 29.5 Å². The van der Waals surface area contributed by atoms with Gasteiger partial charge < -0.3 is 10.4 Å². The minimum atomic E-state index is -0.891. The second kappa shape index (κ2) is 8.37. The van der Waals surface area contributed by atoms with E-state index in [0.29, 0.717) is 27.9 Å². The molecule has 0 aliphatic rings. The lowest BCUT2D eigenvalue weighted by Crippen LogP contribution is -2.05. The predicted octanol–water partition coefficient (Wildman–Crippen LogP) is 5.86. The van der Waals surface area contributed by atoms with Crippen LogP contribution in [-0.2, 0) is 17.6 Å². The summed E-state index contributed by atoms with van der Waals surface area (Å²) in [6.45, 7) is 4.02. The van der Waals surface area contributed by atoms with E-state index in [1.807, 2.05) is 19.1 Å². The molecule has 3 aromatic rings. The van der Waals surface area contributed by atoms with Gasteiger partial charge >= 0.3 is 5.97 Å². The second-order valence-electron chi connectivity index (χ2n) is 5.93. The number of carboxylic acids is 1. The number of aromatic nitrogens is 2. The number of aryl methyl sites for hydroxylation is 1. The topological polar surface area (TPSA) is 75.1 Å². The second-order valence-corrected chi connectivity index (χ2v) is 8.80. The van der Waals surface area contributed by atoms with Crippen LogP contribution >= 0.6 is 38.9 Å². The Balaban J connectivity index is 1.98. The number of thiophene rings is 1. The fourth-order valence-corrected chi connectivity index (χ4v) is 4.31. The maximum Gasteiger partial charge on any atom is 0.307 e. The smallest absolute Gasteiger partial charge is 0.307 e. The molecule has 2 heterocycles. The number of aliphatic carboxylic acids is 1. The first-order chi connectivity index (χ1) is 12.9. The Morgan fingerprint density at radius 2 is 2.07 bits per heavy atom. The minimum absolute atomic E-state index is 0.0652. The molecule has 0 fully saturated rings. The van der Waals surface area contributed by atoms with E-state index in [-0.39, 0.29) is 6.42 Å². The Morgan fingerprint density at radius 1 is 1.30 bits per heavy atom. The number of nitrogens with zero attached hydrogens (tertiary/aromatic N) is 2. The van der Waals surface area contributed by atoms with Crippen LogP contribution in [-0.4, -0.2) is 21.0 Å². The Bertz CT molecular complexity index is 1010. The molecular formula is C19H17BrClN3O2S. The van der Waals surface area contributed by atoms with Gasteiger partial charge in [-0.05, 0) is 59.1 Å². The van der Waals surface area contributed by atoms with Gasteiger partial charge in [-0.1, -0.05) is 24.6 Å². The molecule has 0 saturated heterocycles. The number of rotatable bonds is 6. The zero-order chi connectivity index (χ0) is 19.6. The van der Waals surface area contributed by atoms with Crippen LogP contribution in [0.3, 0.4) is 0 Å². The third-order valence-electron chi connectivity index (χ3n) is 4.00. The molecule has 0 amide bonds. The maximum absolute atomic E-state index is 10.9. The molecule has 0 aliphatic heterocycles. The lowest BCUT2D eigenvalue weighted by atomic mass is 10.1. The van der Waals surface area contributed by atoms with Crippen molar-refractivity contribution >= 4 is 56.3 Å². The van der Waals surface area contributed by atoms with Crippen LogP contribution in [0.1, 0.15) is 23.7 Å². The quantitative estimate of drug-likeness (QED) is 0.476. The van der Waals surface area contributed by atoms with Crippen molar-refractivity contribution in [2.45, 2.75) is 26.7 Å². The molecule has 0 radical (unpaired) electrons. The van der Waals surface area contributed by atoms with E-state index in [2.05, 4.69) is 33.2 Å². The van der Waals surface area contributed by atoms with Crippen LogP contribution in [0.5, 0.6) is 0 Å². The molecule has 0 spiro atoms. The molecule has 2 N–H and O–H groups in total. The van der Waals surface area contributed by atoms with Gasteiger partial charge in [0.25, 0.3) is 0 Å². The van der Waals surface area contributed by atoms with Crippen molar-refractivity contribution in [1.29, 1.82) is 0 Å². The van der Waals surface area contributed by atoms with Crippen molar-refractivity contribution < 1.29 is 9.90 Å². The Morgan fingerprint density at radius 3 is 2.67 bits per heavy atom. The molecule has 1 aromatic carbocycles. The number of nitrogens with one attached hydrogen (secondary N) is 1. The summed E-state index contributed by atoms with van der Waals surface area (Å²) in [5.41, 5.74) is 3.25. The number of halogens is 2. The Labute approximate surface area is 174 Å². The van der Waals surface area contributed by atoms with Gasteiger partial charge in [-0.15, -0.1) is 11.3 Å². The van der Waals surface area contributed by atoms with E-state index < -0.39 is 5.97 Å². The third kappa shape index (κ3) is 4.66. The van der Waals surface area contributed by atoms with E-state index in [4.69, 9.17) is 21.7 Å².